The fourth-order valence-electron chi connectivity index (χ4n) is 6.78. The van der Waals surface area contributed by atoms with Crippen LogP contribution >= 0.6 is 0 Å². The monoisotopic (exact) mass is 549 g/mol. The summed E-state index contributed by atoms with van der Waals surface area (Å²) in [5.41, 5.74) is 15.0. The number of nitrogens with one attached hydrogen (secondary N) is 2. The van der Waals surface area contributed by atoms with Gasteiger partial charge in [0.2, 0.25) is 5.95 Å². The summed E-state index contributed by atoms with van der Waals surface area (Å²) < 4.78 is 2.37. The SMILES string of the molecule is Cc1ccc(C)c2[nH]c(Nc3ccc(-c4cn([C@H]5CC[C@H](N6CCN(C)CC6)CC5)c5ncnc(N)c45)cc3)nc12. The number of fused-ring (bicyclic) bond motifs is 2. The zero-order chi connectivity index (χ0) is 28.1. The van der Waals surface area contributed by atoms with Gasteiger partial charge in [0.05, 0.1) is 16.4 Å². The van der Waals surface area contributed by atoms with E-state index < -0.39 is 0 Å². The zero-order valence-corrected chi connectivity index (χ0v) is 24.2. The minimum atomic E-state index is 0.421. The number of benzene rings is 2. The highest BCUT2D eigenvalue weighted by Crippen LogP contribution is 2.39. The molecule has 4 N–H and O–H groups in total. The summed E-state index contributed by atoms with van der Waals surface area (Å²) >= 11 is 0. The highest BCUT2D eigenvalue weighted by Gasteiger charge is 2.30. The van der Waals surface area contributed by atoms with Crippen molar-refractivity contribution in [2.75, 3.05) is 44.3 Å². The third-order valence-electron chi connectivity index (χ3n) is 9.27. The Morgan fingerprint density at radius 1 is 0.878 bits per heavy atom. The van der Waals surface area contributed by atoms with E-state index in [2.05, 4.69) is 93.1 Å². The topological polar surface area (TPSA) is 104 Å². The van der Waals surface area contributed by atoms with E-state index in [1.54, 1.807) is 6.33 Å². The molecule has 0 amide bonds. The van der Waals surface area contributed by atoms with E-state index in [0.29, 0.717) is 17.9 Å². The fourth-order valence-corrected chi connectivity index (χ4v) is 6.78. The number of hydrogen-bond donors (Lipinski definition) is 3. The molecule has 0 spiro atoms. The largest absolute Gasteiger partial charge is 0.383 e. The van der Waals surface area contributed by atoms with Crippen molar-refractivity contribution >= 4 is 39.5 Å². The summed E-state index contributed by atoms with van der Waals surface area (Å²) in [6, 6.07) is 13.8. The normalized spacial score (nSPS) is 20.7. The van der Waals surface area contributed by atoms with Gasteiger partial charge in [-0.05, 0) is 75.4 Å². The average Bonchev–Trinajstić information content (AvgIpc) is 3.60. The first-order chi connectivity index (χ1) is 19.9. The molecule has 41 heavy (non-hydrogen) atoms. The van der Waals surface area contributed by atoms with Gasteiger partial charge < -0.3 is 25.5 Å². The lowest BCUT2D eigenvalue weighted by molar-refractivity contribution is 0.0828. The first kappa shape index (κ1) is 26.0. The molecule has 1 aliphatic heterocycles. The van der Waals surface area contributed by atoms with Gasteiger partial charge in [0.1, 0.15) is 17.8 Å². The number of nitrogens with zero attached hydrogens (tertiary/aromatic N) is 6. The second-order valence-corrected chi connectivity index (χ2v) is 11.9. The molecule has 3 aromatic heterocycles. The van der Waals surface area contributed by atoms with Crippen LogP contribution in [0.2, 0.25) is 0 Å². The maximum atomic E-state index is 6.46. The summed E-state index contributed by atoms with van der Waals surface area (Å²) in [6.07, 6.45) is 8.62. The molecule has 1 aliphatic carbocycles. The third kappa shape index (κ3) is 4.83. The van der Waals surface area contributed by atoms with Crippen molar-refractivity contribution in [2.24, 2.45) is 0 Å². The van der Waals surface area contributed by atoms with Gasteiger partial charge >= 0.3 is 0 Å². The van der Waals surface area contributed by atoms with Crippen molar-refractivity contribution in [3.8, 4) is 11.1 Å². The minimum Gasteiger partial charge on any atom is -0.383 e. The number of nitrogens with two attached hydrogens (primary N) is 1. The maximum Gasteiger partial charge on any atom is 0.205 e. The highest BCUT2D eigenvalue weighted by atomic mass is 15.3. The molecular formula is C32H39N9. The highest BCUT2D eigenvalue weighted by molar-refractivity contribution is 6.00. The predicted octanol–water partition coefficient (Wildman–Crippen LogP) is 5.65. The number of hydrogen-bond acceptors (Lipinski definition) is 7. The Balaban J connectivity index is 1.13. The Morgan fingerprint density at radius 3 is 2.32 bits per heavy atom. The molecule has 2 aliphatic rings. The molecule has 9 nitrogen and oxygen atoms in total. The molecule has 0 radical (unpaired) electrons. The van der Waals surface area contributed by atoms with E-state index in [-0.39, 0.29) is 0 Å². The Bertz CT molecular complexity index is 1650. The van der Waals surface area contributed by atoms with Crippen LogP contribution in [-0.2, 0) is 0 Å². The number of rotatable bonds is 5. The molecule has 2 fully saturated rings. The molecule has 5 aromatic rings. The lowest BCUT2D eigenvalue weighted by Gasteiger charge is -2.41. The third-order valence-corrected chi connectivity index (χ3v) is 9.27. The molecule has 1 saturated carbocycles. The molecule has 9 heteroatoms. The summed E-state index contributed by atoms with van der Waals surface area (Å²) in [5.74, 6) is 1.27. The number of imidazole rings is 1. The first-order valence-corrected chi connectivity index (χ1v) is 14.8. The van der Waals surface area contributed by atoms with E-state index in [4.69, 9.17) is 15.7 Å². The van der Waals surface area contributed by atoms with Crippen LogP contribution in [0.4, 0.5) is 17.5 Å². The van der Waals surface area contributed by atoms with E-state index in [1.807, 2.05) is 0 Å². The smallest absolute Gasteiger partial charge is 0.205 e. The van der Waals surface area contributed by atoms with Crippen molar-refractivity contribution in [1.82, 2.24) is 34.3 Å². The van der Waals surface area contributed by atoms with E-state index in [1.165, 1.54) is 44.6 Å². The van der Waals surface area contributed by atoms with Crippen LogP contribution in [0.15, 0.2) is 48.9 Å². The lowest BCUT2D eigenvalue weighted by Crippen LogP contribution is -2.49. The van der Waals surface area contributed by atoms with Gasteiger partial charge in [-0.3, -0.25) is 4.90 Å². The molecule has 212 valence electrons. The standard InChI is InChI=1S/C32H39N9/c1-20-4-5-21(2)29-28(20)37-32(38-29)36-23-8-6-22(7-9-23)26-18-41(31-27(26)30(33)34-19-35-31)25-12-10-24(11-13-25)40-16-14-39(3)15-17-40/h4-9,18-19,24-25H,10-17H2,1-3H3,(H2,33,34,35)(H2,36,37,38)/t24-,25-. The van der Waals surface area contributed by atoms with Crippen LogP contribution in [0.1, 0.15) is 42.9 Å². The van der Waals surface area contributed by atoms with Gasteiger partial charge in [-0.2, -0.15) is 0 Å². The van der Waals surface area contributed by atoms with Crippen LogP contribution in [0.3, 0.4) is 0 Å². The van der Waals surface area contributed by atoms with Gasteiger partial charge in [0, 0.05) is 55.7 Å². The number of nitrogen functional groups attached to an aromatic ring is 1. The van der Waals surface area contributed by atoms with Crippen LogP contribution < -0.4 is 11.1 Å². The number of aromatic amines is 1. The molecule has 2 aromatic carbocycles. The van der Waals surface area contributed by atoms with Crippen LogP contribution in [0.5, 0.6) is 0 Å². The first-order valence-electron chi connectivity index (χ1n) is 14.8. The second-order valence-electron chi connectivity index (χ2n) is 11.9. The average molecular weight is 550 g/mol. The summed E-state index contributed by atoms with van der Waals surface area (Å²) in [6.45, 7) is 8.91. The van der Waals surface area contributed by atoms with Crippen LogP contribution in [-0.4, -0.2) is 73.6 Å². The van der Waals surface area contributed by atoms with Crippen LogP contribution in [0.25, 0.3) is 33.2 Å². The molecule has 0 atom stereocenters. The summed E-state index contributed by atoms with van der Waals surface area (Å²) in [5, 5.41) is 4.38. The number of aryl methyl sites for hydroxylation is 2. The van der Waals surface area contributed by atoms with E-state index in [0.717, 1.165) is 63.2 Å². The van der Waals surface area contributed by atoms with Gasteiger partial charge in [0.25, 0.3) is 0 Å². The van der Waals surface area contributed by atoms with Crippen molar-refractivity contribution in [1.29, 1.82) is 0 Å². The number of H-pyrrole nitrogens is 1. The molecule has 4 heterocycles. The zero-order valence-electron chi connectivity index (χ0n) is 24.2. The van der Waals surface area contributed by atoms with Crippen LogP contribution in [0, 0.1) is 13.8 Å². The quantitative estimate of drug-likeness (QED) is 0.260. The Labute approximate surface area is 240 Å². The molecular weight excluding hydrogens is 510 g/mol. The molecule has 0 unspecified atom stereocenters. The van der Waals surface area contributed by atoms with Crippen molar-refractivity contribution in [2.45, 2.75) is 51.6 Å². The van der Waals surface area contributed by atoms with Gasteiger partial charge in [-0.25, -0.2) is 15.0 Å². The van der Waals surface area contributed by atoms with Crippen molar-refractivity contribution in [3.63, 3.8) is 0 Å². The molecule has 7 rings (SSSR count). The second kappa shape index (κ2) is 10.5. The summed E-state index contributed by atoms with van der Waals surface area (Å²) in [4.78, 5) is 22.4. The van der Waals surface area contributed by atoms with Crippen molar-refractivity contribution < 1.29 is 0 Å². The van der Waals surface area contributed by atoms with Gasteiger partial charge in [-0.15, -0.1) is 0 Å². The Hall–Kier alpha value is -3.95. The molecule has 1 saturated heterocycles. The number of likely N-dealkylation sites (N-methyl/N-ethyl adjacent to an activating group) is 1. The Morgan fingerprint density at radius 2 is 1.59 bits per heavy atom. The predicted molar refractivity (Wildman–Crippen MR) is 167 cm³/mol. The number of piperazine rings is 1. The number of anilines is 3. The van der Waals surface area contributed by atoms with Gasteiger partial charge in [-0.1, -0.05) is 24.3 Å². The lowest BCUT2D eigenvalue weighted by atomic mass is 9.89. The van der Waals surface area contributed by atoms with E-state index in [9.17, 15) is 0 Å². The maximum absolute atomic E-state index is 6.46. The minimum absolute atomic E-state index is 0.421. The van der Waals surface area contributed by atoms with E-state index >= 15 is 0 Å². The van der Waals surface area contributed by atoms with Gasteiger partial charge in [0.15, 0.2) is 0 Å². The van der Waals surface area contributed by atoms with Crippen molar-refractivity contribution in [3.05, 3.63) is 60.0 Å². The fraction of sp³-hybridized carbons (Fsp3) is 0.406. The molecule has 0 bridgehead atoms. The number of aromatic nitrogens is 5. The summed E-state index contributed by atoms with van der Waals surface area (Å²) in [7, 11) is 2.23. The Kier molecular flexibility index (Phi) is 6.63.